The van der Waals surface area contributed by atoms with E-state index in [0.717, 1.165) is 0 Å². The minimum atomic E-state index is -9.79. The lowest BCUT2D eigenvalue weighted by molar-refractivity contribution is -0.472. The summed E-state index contributed by atoms with van der Waals surface area (Å²) < 4.78 is 560. The van der Waals surface area contributed by atoms with Gasteiger partial charge in [0.1, 0.15) is 0 Å². The van der Waals surface area contributed by atoms with E-state index < -0.39 is 143 Å². The van der Waals surface area contributed by atoms with Gasteiger partial charge in [-0.25, -0.2) is 0 Å². The van der Waals surface area contributed by atoms with Gasteiger partial charge in [0.05, 0.1) is 0 Å². The summed E-state index contributed by atoms with van der Waals surface area (Å²) in [7, 11) is 0. The average Bonchev–Trinajstić information content (AvgIpc) is 3.07. The molecule has 0 amide bonds. The molecule has 390 valence electrons. The Bertz CT molecular complexity index is 1770. The number of alkyl halides is 42. The predicted molar refractivity (Wildman–Crippen MR) is 117 cm³/mol. The van der Waals surface area contributed by atoms with Crippen molar-refractivity contribution >= 4 is 0 Å². The molecule has 0 atom stereocenters. The van der Waals surface area contributed by atoms with Crippen molar-refractivity contribution in [2.45, 2.75) is 119 Å². The zero-order valence-corrected chi connectivity index (χ0v) is 27.9. The molecule has 0 rings (SSSR count). The van der Waals surface area contributed by atoms with Crippen molar-refractivity contribution in [1.29, 1.82) is 0 Å². The van der Waals surface area contributed by atoms with Crippen molar-refractivity contribution in [3.8, 4) is 23.7 Å². The minimum Gasteiger partial charge on any atom is -0.192 e. The van der Waals surface area contributed by atoms with Crippen LogP contribution in [0, 0.1) is 23.7 Å². The average molecular weight is 1090 g/mol. The van der Waals surface area contributed by atoms with E-state index in [1.165, 1.54) is 0 Å². The van der Waals surface area contributed by atoms with Gasteiger partial charge in [-0.2, -0.15) is 184 Å². The van der Waals surface area contributed by atoms with Crippen LogP contribution in [0.2, 0.25) is 0 Å². The Labute approximate surface area is 328 Å². The van der Waals surface area contributed by atoms with Crippen molar-refractivity contribution in [2.24, 2.45) is 0 Å². The van der Waals surface area contributed by atoms with E-state index in [1.54, 1.807) is 0 Å². The van der Waals surface area contributed by atoms with Crippen LogP contribution in [0.15, 0.2) is 0 Å². The van der Waals surface area contributed by atoms with Gasteiger partial charge in [-0.05, 0) is 23.7 Å². The first-order chi connectivity index (χ1) is 27.7. The van der Waals surface area contributed by atoms with Crippen molar-refractivity contribution in [1.82, 2.24) is 0 Å². The van der Waals surface area contributed by atoms with Gasteiger partial charge in [0.15, 0.2) is 0 Å². The first kappa shape index (κ1) is 62.2. The van der Waals surface area contributed by atoms with E-state index in [4.69, 9.17) is 0 Å². The van der Waals surface area contributed by atoms with E-state index in [-0.39, 0.29) is 0 Å². The van der Waals surface area contributed by atoms with E-state index in [2.05, 4.69) is 0 Å². The molecule has 0 bridgehead atoms. The first-order valence-corrected chi connectivity index (χ1v) is 13.7. The lowest BCUT2D eigenvalue weighted by atomic mass is 9.86. The Balaban J connectivity index is 7.47. The zero-order valence-electron chi connectivity index (χ0n) is 27.9. The number of hydrogen-bond acceptors (Lipinski definition) is 0. The quantitative estimate of drug-likeness (QED) is 0.107. The molecule has 0 fully saturated rings. The topological polar surface area (TPSA) is 0 Å². The molecular formula is C24F42. The molecule has 0 nitrogen and oxygen atoms in total. The maximum absolute atomic E-state index is 13.8. The fraction of sp³-hybridized carbons (Fsp3) is 0.833. The second kappa shape index (κ2) is 15.3. The van der Waals surface area contributed by atoms with Gasteiger partial charge in [0.25, 0.3) is 0 Å². The molecule has 0 saturated heterocycles. The molecule has 0 aliphatic carbocycles. The Hall–Kier alpha value is -3.82. The monoisotopic (exact) mass is 1090 g/mol. The highest BCUT2D eigenvalue weighted by Gasteiger charge is 3.00. The van der Waals surface area contributed by atoms with Gasteiger partial charge in [-0.3, -0.25) is 0 Å². The van der Waals surface area contributed by atoms with Crippen LogP contribution in [0.3, 0.4) is 0 Å². The summed E-state index contributed by atoms with van der Waals surface area (Å²) in [5.74, 6) is -172. The van der Waals surface area contributed by atoms with Crippen LogP contribution in [-0.2, 0) is 0 Å². The molecule has 0 aromatic heterocycles. The smallest absolute Gasteiger partial charge is 0.192 e. The van der Waals surface area contributed by atoms with Crippen LogP contribution >= 0.6 is 0 Å². The van der Waals surface area contributed by atoms with Crippen molar-refractivity contribution < 1.29 is 184 Å². The second-order valence-corrected chi connectivity index (χ2v) is 11.8. The van der Waals surface area contributed by atoms with Crippen LogP contribution in [0.5, 0.6) is 0 Å². The highest BCUT2D eigenvalue weighted by molar-refractivity contribution is 5.35. The van der Waals surface area contributed by atoms with Crippen LogP contribution in [0.25, 0.3) is 0 Å². The third-order valence-electron chi connectivity index (χ3n) is 7.52. The Morgan fingerprint density at radius 1 is 0.136 bits per heavy atom. The van der Waals surface area contributed by atoms with Crippen molar-refractivity contribution in [2.75, 3.05) is 0 Å². The number of hydrogen-bond donors (Lipinski definition) is 0. The summed E-state index contributed by atoms with van der Waals surface area (Å²) in [5.41, 5.74) is 0. The minimum absolute atomic E-state index is 0.888. The van der Waals surface area contributed by atoms with Crippen LogP contribution in [-0.4, -0.2) is 119 Å². The molecule has 0 saturated carbocycles. The largest absolute Gasteiger partial charge is 0.460 e. The van der Waals surface area contributed by atoms with Gasteiger partial charge < -0.3 is 0 Å². The van der Waals surface area contributed by atoms with E-state index in [0.29, 0.717) is 0 Å². The van der Waals surface area contributed by atoms with Crippen LogP contribution in [0.4, 0.5) is 184 Å². The highest BCUT2D eigenvalue weighted by atomic mass is 19.5. The summed E-state index contributed by atoms with van der Waals surface area (Å²) >= 11 is 0. The summed E-state index contributed by atoms with van der Waals surface area (Å²) in [6.07, 6.45) is -16.7. The molecule has 0 unspecified atom stereocenters. The Morgan fingerprint density at radius 2 is 0.242 bits per heavy atom. The summed E-state index contributed by atoms with van der Waals surface area (Å²) in [6.45, 7) is 0. The maximum atomic E-state index is 13.8. The Morgan fingerprint density at radius 3 is 0.364 bits per heavy atom. The molecule has 0 aromatic carbocycles. The molecule has 0 aliphatic heterocycles. The van der Waals surface area contributed by atoms with Crippen LogP contribution < -0.4 is 0 Å². The summed E-state index contributed by atoms with van der Waals surface area (Å²) in [4.78, 5) is 0. The van der Waals surface area contributed by atoms with Crippen molar-refractivity contribution in [3.63, 3.8) is 0 Å². The predicted octanol–water partition coefficient (Wildman–Crippen LogP) is 13.6. The van der Waals surface area contributed by atoms with Gasteiger partial charge in [-0.1, -0.05) is 0 Å². The summed E-state index contributed by atoms with van der Waals surface area (Å²) in [6, 6.07) is 0. The lowest BCUT2D eigenvalue weighted by Gasteiger charge is -2.44. The standard InChI is InChI=1S/C24F42/c25-5(26,7(29,30)9(33,34)11(37,38)13(41,42)15(45,46)17(49,50)19(53,54)21(57,58)23(61,62)63)3-1-2-4-6(27,28)8(31,32)10(35,36)12(39,40)14(43,44)16(47,48)18(51,52)20(55,56)22(59,60)24(64,65)66. The second-order valence-electron chi connectivity index (χ2n) is 11.8. The van der Waals surface area contributed by atoms with Gasteiger partial charge in [0.2, 0.25) is 0 Å². The van der Waals surface area contributed by atoms with Crippen molar-refractivity contribution in [3.05, 3.63) is 0 Å². The molecule has 0 aliphatic rings. The first-order valence-electron chi connectivity index (χ1n) is 13.7. The molecular weight excluding hydrogens is 1090 g/mol. The third kappa shape index (κ3) is 7.54. The number of rotatable bonds is 16. The van der Waals surface area contributed by atoms with Gasteiger partial charge in [-0.15, -0.1) is 0 Å². The molecule has 0 heterocycles. The Kier molecular flexibility index (Phi) is 14.5. The molecule has 42 heteroatoms. The maximum Gasteiger partial charge on any atom is 0.460 e. The molecule has 0 N–H and O–H groups in total. The zero-order chi connectivity index (χ0) is 54.8. The van der Waals surface area contributed by atoms with E-state index in [9.17, 15) is 184 Å². The van der Waals surface area contributed by atoms with Gasteiger partial charge in [0, 0.05) is 0 Å². The highest BCUT2D eigenvalue weighted by Crippen LogP contribution is 2.68. The lowest BCUT2D eigenvalue weighted by Crippen LogP contribution is -2.76. The SMILES string of the molecule is FC(F)(F)C(F)(F)C(F)(F)C(F)(F)C(F)(F)C(F)(F)C(F)(F)C(F)(F)C(F)(F)C(F)(F)C#CC#CC(F)(F)C(F)(F)C(F)(F)C(F)(F)C(F)(F)C(F)(F)C(F)(F)C(F)(F)C(F)(F)C(F)(F)F. The molecule has 0 aromatic rings. The fourth-order valence-corrected chi connectivity index (χ4v) is 3.49. The van der Waals surface area contributed by atoms with Crippen LogP contribution in [0.1, 0.15) is 0 Å². The van der Waals surface area contributed by atoms with Gasteiger partial charge >= 0.3 is 119 Å². The third-order valence-corrected chi connectivity index (χ3v) is 7.52. The fourth-order valence-electron chi connectivity index (χ4n) is 3.49. The van der Waals surface area contributed by atoms with E-state index >= 15 is 0 Å². The molecule has 0 spiro atoms. The normalized spacial score (nSPS) is 16.7. The summed E-state index contributed by atoms with van der Waals surface area (Å²) in [5, 5.41) is 0. The molecule has 66 heavy (non-hydrogen) atoms. The molecule has 0 radical (unpaired) electrons. The number of halogens is 42. The van der Waals surface area contributed by atoms with E-state index in [1.807, 2.05) is 0 Å².